The van der Waals surface area contributed by atoms with Gasteiger partial charge in [0.25, 0.3) is 0 Å². The van der Waals surface area contributed by atoms with Crippen LogP contribution in [0, 0.1) is 18.7 Å². The molecule has 1 aliphatic carbocycles. The van der Waals surface area contributed by atoms with E-state index in [-0.39, 0.29) is 11.7 Å². The summed E-state index contributed by atoms with van der Waals surface area (Å²) in [5.74, 6) is -1.07. The summed E-state index contributed by atoms with van der Waals surface area (Å²) in [6.07, 6.45) is 4.39. The fourth-order valence-electron chi connectivity index (χ4n) is 2.95. The van der Waals surface area contributed by atoms with Crippen molar-refractivity contribution in [2.75, 3.05) is 6.54 Å². The first-order valence-electron chi connectivity index (χ1n) is 7.27. The summed E-state index contributed by atoms with van der Waals surface area (Å²) in [4.78, 5) is 11.0. The molecule has 1 aromatic carbocycles. The van der Waals surface area contributed by atoms with Crippen molar-refractivity contribution < 1.29 is 14.3 Å². The van der Waals surface area contributed by atoms with Crippen molar-refractivity contribution in [1.29, 1.82) is 0 Å². The van der Waals surface area contributed by atoms with Crippen molar-refractivity contribution in [1.82, 2.24) is 5.32 Å². The summed E-state index contributed by atoms with van der Waals surface area (Å²) < 4.78 is 13.0. The van der Waals surface area contributed by atoms with Gasteiger partial charge in [-0.15, -0.1) is 0 Å². The molecule has 2 rings (SSSR count). The molecule has 0 aliphatic heterocycles. The number of carboxylic acid groups (broad SMARTS) is 1. The lowest BCUT2D eigenvalue weighted by Crippen LogP contribution is -2.37. The molecule has 2 unspecified atom stereocenters. The Morgan fingerprint density at radius 3 is 2.95 bits per heavy atom. The molecule has 0 spiro atoms. The zero-order valence-electron chi connectivity index (χ0n) is 11.9. The fraction of sp³-hybridized carbons (Fsp3) is 0.562. The highest BCUT2D eigenvalue weighted by atomic mass is 19.1. The van der Waals surface area contributed by atoms with Gasteiger partial charge in [-0.05, 0) is 62.4 Å². The van der Waals surface area contributed by atoms with E-state index in [0.29, 0.717) is 6.04 Å². The Kier molecular flexibility index (Phi) is 5.12. The summed E-state index contributed by atoms with van der Waals surface area (Å²) in [5, 5.41) is 12.5. The summed E-state index contributed by atoms with van der Waals surface area (Å²) >= 11 is 0. The van der Waals surface area contributed by atoms with Crippen LogP contribution in [-0.2, 0) is 11.2 Å². The number of rotatable bonds is 5. The molecule has 0 aromatic heterocycles. The van der Waals surface area contributed by atoms with Crippen LogP contribution >= 0.6 is 0 Å². The monoisotopic (exact) mass is 279 g/mol. The van der Waals surface area contributed by atoms with Crippen molar-refractivity contribution in [3.63, 3.8) is 0 Å². The number of hydrogen-bond acceptors (Lipinski definition) is 2. The lowest BCUT2D eigenvalue weighted by molar-refractivity contribution is -0.143. The summed E-state index contributed by atoms with van der Waals surface area (Å²) in [6, 6.07) is 5.16. The standard InChI is InChI=1S/C16H22FNO2/c1-11-9-14(17)6-5-12(11)7-8-18-15-4-2-3-13(10-15)16(19)20/h5-6,9,13,15,18H,2-4,7-8,10H2,1H3,(H,19,20). The predicted octanol–water partition coefficient (Wildman–Crippen LogP) is 2.91. The number of nitrogens with one attached hydrogen (secondary N) is 1. The van der Waals surface area contributed by atoms with Gasteiger partial charge in [-0.3, -0.25) is 4.79 Å². The van der Waals surface area contributed by atoms with E-state index < -0.39 is 5.97 Å². The van der Waals surface area contributed by atoms with Crippen molar-refractivity contribution in [3.05, 3.63) is 35.1 Å². The molecule has 20 heavy (non-hydrogen) atoms. The third-order valence-electron chi connectivity index (χ3n) is 4.16. The molecule has 0 bridgehead atoms. The van der Waals surface area contributed by atoms with Crippen molar-refractivity contribution in [2.45, 2.75) is 45.1 Å². The Hall–Kier alpha value is -1.42. The highest BCUT2D eigenvalue weighted by Gasteiger charge is 2.26. The molecule has 1 fully saturated rings. The zero-order valence-corrected chi connectivity index (χ0v) is 11.9. The van der Waals surface area contributed by atoms with Gasteiger partial charge in [0.1, 0.15) is 5.82 Å². The summed E-state index contributed by atoms with van der Waals surface area (Å²) in [7, 11) is 0. The number of benzene rings is 1. The normalized spacial score (nSPS) is 22.7. The molecule has 2 N–H and O–H groups in total. The van der Waals surface area contributed by atoms with E-state index in [2.05, 4.69) is 5.32 Å². The molecule has 0 saturated heterocycles. The molecule has 4 heteroatoms. The molecule has 0 heterocycles. The summed E-state index contributed by atoms with van der Waals surface area (Å²) in [6.45, 7) is 2.73. The first-order valence-corrected chi connectivity index (χ1v) is 7.27. The molecule has 0 radical (unpaired) electrons. The first kappa shape index (κ1) is 15.0. The maximum Gasteiger partial charge on any atom is 0.306 e. The van der Waals surface area contributed by atoms with Gasteiger partial charge in [0.2, 0.25) is 0 Å². The predicted molar refractivity (Wildman–Crippen MR) is 76.2 cm³/mol. The van der Waals surface area contributed by atoms with Gasteiger partial charge in [0.15, 0.2) is 0 Å². The quantitative estimate of drug-likeness (QED) is 0.871. The Bertz CT molecular complexity index is 476. The van der Waals surface area contributed by atoms with Gasteiger partial charge in [0.05, 0.1) is 5.92 Å². The van der Waals surface area contributed by atoms with Gasteiger partial charge in [0, 0.05) is 6.04 Å². The molecule has 1 saturated carbocycles. The van der Waals surface area contributed by atoms with Crippen LogP contribution in [0.15, 0.2) is 18.2 Å². The second-order valence-corrected chi connectivity index (χ2v) is 5.67. The van der Waals surface area contributed by atoms with E-state index in [1.165, 1.54) is 6.07 Å². The van der Waals surface area contributed by atoms with Crippen molar-refractivity contribution in [2.24, 2.45) is 5.92 Å². The lowest BCUT2D eigenvalue weighted by Gasteiger charge is -2.27. The topological polar surface area (TPSA) is 49.3 Å². The highest BCUT2D eigenvalue weighted by Crippen LogP contribution is 2.24. The highest BCUT2D eigenvalue weighted by molar-refractivity contribution is 5.70. The van der Waals surface area contributed by atoms with E-state index >= 15 is 0 Å². The lowest BCUT2D eigenvalue weighted by atomic mass is 9.86. The largest absolute Gasteiger partial charge is 0.481 e. The van der Waals surface area contributed by atoms with Gasteiger partial charge in [-0.25, -0.2) is 4.39 Å². The van der Waals surface area contributed by atoms with Gasteiger partial charge < -0.3 is 10.4 Å². The third-order valence-corrected chi connectivity index (χ3v) is 4.16. The van der Waals surface area contributed by atoms with Crippen molar-refractivity contribution >= 4 is 5.97 Å². The minimum atomic E-state index is -0.675. The second-order valence-electron chi connectivity index (χ2n) is 5.67. The van der Waals surface area contributed by atoms with Crippen LogP contribution in [0.25, 0.3) is 0 Å². The van der Waals surface area contributed by atoms with Crippen LogP contribution in [-0.4, -0.2) is 23.7 Å². The average molecular weight is 279 g/mol. The number of hydrogen-bond donors (Lipinski definition) is 2. The van der Waals surface area contributed by atoms with Gasteiger partial charge in [-0.2, -0.15) is 0 Å². The molecular weight excluding hydrogens is 257 g/mol. The number of aryl methyl sites for hydroxylation is 1. The van der Waals surface area contributed by atoms with Crippen LogP contribution < -0.4 is 5.32 Å². The van der Waals surface area contributed by atoms with Crippen molar-refractivity contribution in [3.8, 4) is 0 Å². The molecule has 110 valence electrons. The van der Waals surface area contributed by atoms with E-state index in [4.69, 9.17) is 5.11 Å². The SMILES string of the molecule is Cc1cc(F)ccc1CCNC1CCCC(C(=O)O)C1. The van der Waals surface area contributed by atoms with E-state index in [0.717, 1.165) is 49.8 Å². The van der Waals surface area contributed by atoms with Crippen LogP contribution in [0.1, 0.15) is 36.8 Å². The van der Waals surface area contributed by atoms with E-state index in [1.807, 2.05) is 13.0 Å². The molecule has 0 amide bonds. The van der Waals surface area contributed by atoms with E-state index in [9.17, 15) is 9.18 Å². The molecule has 3 nitrogen and oxygen atoms in total. The maximum absolute atomic E-state index is 13.0. The number of carboxylic acids is 1. The number of aliphatic carboxylic acids is 1. The Morgan fingerprint density at radius 2 is 2.25 bits per heavy atom. The van der Waals surface area contributed by atoms with Crippen LogP contribution in [0.3, 0.4) is 0 Å². The average Bonchev–Trinajstić information content (AvgIpc) is 2.41. The van der Waals surface area contributed by atoms with Crippen LogP contribution in [0.4, 0.5) is 4.39 Å². The zero-order chi connectivity index (χ0) is 14.5. The van der Waals surface area contributed by atoms with Gasteiger partial charge >= 0.3 is 5.97 Å². The second kappa shape index (κ2) is 6.84. The Morgan fingerprint density at radius 1 is 1.45 bits per heavy atom. The minimum Gasteiger partial charge on any atom is -0.481 e. The Labute approximate surface area is 119 Å². The minimum absolute atomic E-state index is 0.198. The maximum atomic E-state index is 13.0. The molecule has 1 aromatic rings. The van der Waals surface area contributed by atoms with Crippen LogP contribution in [0.5, 0.6) is 0 Å². The molecule has 2 atom stereocenters. The number of carbonyl (C=O) groups is 1. The molecular formula is C16H22FNO2. The Balaban J connectivity index is 1.79. The fourth-order valence-corrected chi connectivity index (χ4v) is 2.95. The summed E-state index contributed by atoms with van der Waals surface area (Å²) in [5.41, 5.74) is 2.11. The first-order chi connectivity index (χ1) is 9.56. The van der Waals surface area contributed by atoms with E-state index in [1.54, 1.807) is 6.07 Å². The molecule has 1 aliphatic rings. The van der Waals surface area contributed by atoms with Gasteiger partial charge in [-0.1, -0.05) is 12.5 Å². The van der Waals surface area contributed by atoms with Crippen LogP contribution in [0.2, 0.25) is 0 Å². The smallest absolute Gasteiger partial charge is 0.306 e. The number of halogens is 1. The third kappa shape index (κ3) is 4.04.